The van der Waals surface area contributed by atoms with E-state index in [1.807, 2.05) is 11.8 Å². The molecule has 0 unspecified atom stereocenters. The van der Waals surface area contributed by atoms with Crippen LogP contribution in [0.5, 0.6) is 0 Å². The van der Waals surface area contributed by atoms with Gasteiger partial charge in [0.1, 0.15) is 0 Å². The Kier molecular flexibility index (Phi) is 3.36. The van der Waals surface area contributed by atoms with Gasteiger partial charge in [-0.3, -0.25) is 0 Å². The van der Waals surface area contributed by atoms with Gasteiger partial charge in [-0.1, -0.05) is 78.0 Å². The van der Waals surface area contributed by atoms with Crippen LogP contribution in [-0.4, -0.2) is 0 Å². The zero-order chi connectivity index (χ0) is 14.9. The van der Waals surface area contributed by atoms with Crippen LogP contribution in [-0.2, 0) is 0 Å². The minimum absolute atomic E-state index is 1.28. The lowest BCUT2D eigenvalue weighted by atomic mass is 10.0. The van der Waals surface area contributed by atoms with E-state index in [-0.39, 0.29) is 0 Å². The van der Waals surface area contributed by atoms with Crippen molar-refractivity contribution in [2.24, 2.45) is 0 Å². The third-order valence-corrected chi connectivity index (χ3v) is 5.11. The Labute approximate surface area is 134 Å². The van der Waals surface area contributed by atoms with E-state index in [1.165, 1.54) is 36.9 Å². The highest BCUT2D eigenvalue weighted by Crippen LogP contribution is 2.39. The van der Waals surface area contributed by atoms with Crippen LogP contribution < -0.4 is 0 Å². The molecule has 4 aromatic rings. The van der Waals surface area contributed by atoms with Gasteiger partial charge >= 0.3 is 0 Å². The molecule has 0 heterocycles. The number of fused-ring (bicyclic) bond motifs is 2. The number of rotatable bonds is 2. The maximum atomic E-state index is 2.28. The summed E-state index contributed by atoms with van der Waals surface area (Å²) in [6.45, 7) is 2.13. The molecule has 1 heteroatoms. The fourth-order valence-electron chi connectivity index (χ4n) is 2.81. The van der Waals surface area contributed by atoms with Crippen molar-refractivity contribution in [3.8, 4) is 0 Å². The molecule has 0 atom stereocenters. The van der Waals surface area contributed by atoms with E-state index in [0.717, 1.165) is 0 Å². The summed E-state index contributed by atoms with van der Waals surface area (Å²) in [5, 5.41) is 5.25. The Bertz CT molecular complexity index is 898. The van der Waals surface area contributed by atoms with Crippen molar-refractivity contribution in [3.05, 3.63) is 84.4 Å². The van der Waals surface area contributed by atoms with Crippen LogP contribution in [0.2, 0.25) is 0 Å². The zero-order valence-corrected chi connectivity index (χ0v) is 13.2. The molecule has 0 saturated carbocycles. The van der Waals surface area contributed by atoms with Gasteiger partial charge in [0.05, 0.1) is 0 Å². The third-order valence-electron chi connectivity index (χ3n) is 3.96. The van der Waals surface area contributed by atoms with E-state index in [9.17, 15) is 0 Å². The van der Waals surface area contributed by atoms with Crippen LogP contribution in [0.3, 0.4) is 0 Å². The molecule has 106 valence electrons. The number of hydrogen-bond donors (Lipinski definition) is 0. The molecular formula is C21H16S. The van der Waals surface area contributed by atoms with Gasteiger partial charge in [0.25, 0.3) is 0 Å². The molecular weight excluding hydrogens is 284 g/mol. The molecule has 0 aliphatic carbocycles. The molecule has 0 radical (unpaired) electrons. The second-order valence-corrected chi connectivity index (χ2v) is 6.65. The first-order valence-corrected chi connectivity index (χ1v) is 8.28. The lowest BCUT2D eigenvalue weighted by Crippen LogP contribution is -1.83. The van der Waals surface area contributed by atoms with Crippen LogP contribution >= 0.6 is 11.8 Å². The van der Waals surface area contributed by atoms with Gasteiger partial charge in [-0.05, 0) is 46.7 Å². The summed E-state index contributed by atoms with van der Waals surface area (Å²) in [5.41, 5.74) is 1.30. The van der Waals surface area contributed by atoms with E-state index in [0.29, 0.717) is 0 Å². The summed E-state index contributed by atoms with van der Waals surface area (Å²) in [6.07, 6.45) is 0. The lowest BCUT2D eigenvalue weighted by Gasteiger charge is -2.11. The molecule has 4 aromatic carbocycles. The Morgan fingerprint density at radius 1 is 0.636 bits per heavy atom. The van der Waals surface area contributed by atoms with E-state index >= 15 is 0 Å². The molecule has 4 rings (SSSR count). The Morgan fingerprint density at radius 3 is 1.77 bits per heavy atom. The van der Waals surface area contributed by atoms with Crippen molar-refractivity contribution < 1.29 is 0 Å². The van der Waals surface area contributed by atoms with Gasteiger partial charge in [-0.25, -0.2) is 0 Å². The molecule has 0 spiro atoms. The van der Waals surface area contributed by atoms with E-state index in [2.05, 4.69) is 85.8 Å². The Hall–Kier alpha value is -2.25. The van der Waals surface area contributed by atoms with Crippen molar-refractivity contribution >= 4 is 33.3 Å². The average Bonchev–Trinajstić information content (AvgIpc) is 2.56. The minimum atomic E-state index is 1.28. The normalized spacial score (nSPS) is 11.1. The molecule has 0 nitrogen and oxygen atoms in total. The van der Waals surface area contributed by atoms with Crippen LogP contribution in [0, 0.1) is 6.92 Å². The molecule has 0 fully saturated rings. The molecule has 0 bridgehead atoms. The predicted molar refractivity (Wildman–Crippen MR) is 96.8 cm³/mol. The molecule has 22 heavy (non-hydrogen) atoms. The molecule has 0 amide bonds. The predicted octanol–water partition coefficient (Wildman–Crippen LogP) is 6.45. The fraction of sp³-hybridized carbons (Fsp3) is 0.0476. The topological polar surface area (TPSA) is 0 Å². The van der Waals surface area contributed by atoms with Crippen LogP contribution in [0.1, 0.15) is 5.56 Å². The van der Waals surface area contributed by atoms with Gasteiger partial charge in [0.2, 0.25) is 0 Å². The Morgan fingerprint density at radius 2 is 1.18 bits per heavy atom. The summed E-state index contributed by atoms with van der Waals surface area (Å²) in [7, 11) is 0. The van der Waals surface area contributed by atoms with Gasteiger partial charge in [-0.2, -0.15) is 0 Å². The summed E-state index contributed by atoms with van der Waals surface area (Å²) in [5.74, 6) is 0. The van der Waals surface area contributed by atoms with E-state index in [1.54, 1.807) is 0 Å². The van der Waals surface area contributed by atoms with Crippen molar-refractivity contribution in [2.45, 2.75) is 16.7 Å². The first kappa shape index (κ1) is 13.4. The summed E-state index contributed by atoms with van der Waals surface area (Å²) in [6, 6.07) is 28.3. The number of aryl methyl sites for hydroxylation is 1. The second kappa shape index (κ2) is 5.51. The standard InChI is InChI=1S/C21H16S/c1-15-10-12-18(13-11-15)22-21-19-8-4-2-6-16(19)14-17-7-3-5-9-20(17)21/h2-14H,1H3. The maximum Gasteiger partial charge on any atom is 0.0279 e. The maximum absolute atomic E-state index is 2.28. The highest BCUT2D eigenvalue weighted by molar-refractivity contribution is 7.99. The first-order chi connectivity index (χ1) is 10.8. The smallest absolute Gasteiger partial charge is 0.0279 e. The summed E-state index contributed by atoms with van der Waals surface area (Å²) < 4.78 is 0. The summed E-state index contributed by atoms with van der Waals surface area (Å²) in [4.78, 5) is 2.63. The van der Waals surface area contributed by atoms with Crippen molar-refractivity contribution in [1.82, 2.24) is 0 Å². The average molecular weight is 300 g/mol. The fourth-order valence-corrected chi connectivity index (χ4v) is 3.91. The van der Waals surface area contributed by atoms with Gasteiger partial charge in [0, 0.05) is 9.79 Å². The molecule has 0 aliphatic heterocycles. The van der Waals surface area contributed by atoms with Gasteiger partial charge in [0.15, 0.2) is 0 Å². The lowest BCUT2D eigenvalue weighted by molar-refractivity contribution is 1.37. The molecule has 0 aromatic heterocycles. The quantitative estimate of drug-likeness (QED) is 0.383. The zero-order valence-electron chi connectivity index (χ0n) is 12.4. The highest BCUT2D eigenvalue weighted by atomic mass is 32.2. The third kappa shape index (κ3) is 2.38. The number of benzene rings is 4. The minimum Gasteiger partial charge on any atom is -0.0888 e. The van der Waals surface area contributed by atoms with Crippen molar-refractivity contribution in [2.75, 3.05) is 0 Å². The Balaban J connectivity index is 1.97. The SMILES string of the molecule is Cc1ccc(Sc2c3ccccc3cc3ccccc23)cc1. The second-order valence-electron chi connectivity index (χ2n) is 5.56. The largest absolute Gasteiger partial charge is 0.0888 e. The van der Waals surface area contributed by atoms with E-state index in [4.69, 9.17) is 0 Å². The van der Waals surface area contributed by atoms with Crippen molar-refractivity contribution in [3.63, 3.8) is 0 Å². The first-order valence-electron chi connectivity index (χ1n) is 7.46. The highest BCUT2D eigenvalue weighted by Gasteiger charge is 2.08. The van der Waals surface area contributed by atoms with Gasteiger partial charge < -0.3 is 0 Å². The van der Waals surface area contributed by atoms with E-state index < -0.39 is 0 Å². The summed E-state index contributed by atoms with van der Waals surface area (Å²) >= 11 is 1.86. The van der Waals surface area contributed by atoms with Crippen LogP contribution in [0.4, 0.5) is 0 Å². The van der Waals surface area contributed by atoms with Gasteiger partial charge in [-0.15, -0.1) is 0 Å². The van der Waals surface area contributed by atoms with Crippen LogP contribution in [0.15, 0.2) is 88.7 Å². The monoisotopic (exact) mass is 300 g/mol. The van der Waals surface area contributed by atoms with Crippen LogP contribution in [0.25, 0.3) is 21.5 Å². The van der Waals surface area contributed by atoms with Crippen molar-refractivity contribution in [1.29, 1.82) is 0 Å². The number of hydrogen-bond acceptors (Lipinski definition) is 1. The molecule has 0 saturated heterocycles. The molecule has 0 N–H and O–H groups in total. The molecule has 0 aliphatic rings.